The first-order chi connectivity index (χ1) is 13.9. The van der Waals surface area contributed by atoms with Gasteiger partial charge < -0.3 is 9.64 Å². The number of hydrogen-bond acceptors (Lipinski definition) is 5. The number of carbonyl (C=O) groups is 1. The molecule has 2 heterocycles. The number of ether oxygens (including phenoxy) is 1. The third kappa shape index (κ3) is 3.63. The number of methoxy groups -OCH3 is 1. The minimum atomic E-state index is -3.68. The summed E-state index contributed by atoms with van der Waals surface area (Å²) in [5, 5.41) is 1.40. The number of rotatable bonds is 4. The van der Waals surface area contributed by atoms with Crippen LogP contribution in [-0.4, -0.2) is 56.8 Å². The Morgan fingerprint density at radius 1 is 0.966 bits per heavy atom. The van der Waals surface area contributed by atoms with Crippen molar-refractivity contribution in [1.29, 1.82) is 0 Å². The molecule has 0 unspecified atom stereocenters. The molecule has 0 saturated carbocycles. The summed E-state index contributed by atoms with van der Waals surface area (Å²) in [6.45, 7) is 3.27. The Labute approximate surface area is 174 Å². The molecule has 8 heteroatoms. The molecule has 29 heavy (non-hydrogen) atoms. The number of benzene rings is 2. The fourth-order valence-corrected chi connectivity index (χ4v) is 6.08. The molecule has 0 radical (unpaired) electrons. The van der Waals surface area contributed by atoms with Crippen molar-refractivity contribution in [2.45, 2.75) is 11.8 Å². The van der Waals surface area contributed by atoms with Crippen LogP contribution in [0.15, 0.2) is 53.4 Å². The molecular formula is C21H22N2O4S2. The fourth-order valence-electron chi connectivity index (χ4n) is 3.62. The molecule has 1 amide bonds. The van der Waals surface area contributed by atoms with E-state index in [-0.39, 0.29) is 23.9 Å². The summed E-state index contributed by atoms with van der Waals surface area (Å²) < 4.78 is 33.5. The number of amides is 1. The van der Waals surface area contributed by atoms with Gasteiger partial charge in [0.05, 0.1) is 16.9 Å². The van der Waals surface area contributed by atoms with Gasteiger partial charge >= 0.3 is 0 Å². The Morgan fingerprint density at radius 3 is 2.28 bits per heavy atom. The van der Waals surface area contributed by atoms with Crippen LogP contribution >= 0.6 is 11.3 Å². The van der Waals surface area contributed by atoms with Crippen LogP contribution in [0.3, 0.4) is 0 Å². The maximum absolute atomic E-state index is 13.3. The standard InChI is InChI=1S/C21H22N2O4S2/c1-15-7-9-19(28-15)21(24)22-11-13-23(14-12-22)29(25,26)20-10-8-18(27-2)16-5-3-4-6-17(16)20/h3-10H,11-14H2,1-2H3. The smallest absolute Gasteiger partial charge is 0.264 e. The summed E-state index contributed by atoms with van der Waals surface area (Å²) >= 11 is 1.46. The molecular weight excluding hydrogens is 408 g/mol. The van der Waals surface area contributed by atoms with Crippen LogP contribution in [0.4, 0.5) is 0 Å². The van der Waals surface area contributed by atoms with E-state index in [1.54, 1.807) is 30.2 Å². The second kappa shape index (κ2) is 7.78. The van der Waals surface area contributed by atoms with Crippen molar-refractivity contribution < 1.29 is 17.9 Å². The average Bonchev–Trinajstić information content (AvgIpc) is 3.18. The third-order valence-corrected chi connectivity index (χ3v) is 8.10. The molecule has 1 aromatic heterocycles. The van der Waals surface area contributed by atoms with Crippen LogP contribution in [0.5, 0.6) is 5.75 Å². The molecule has 1 fully saturated rings. The molecule has 0 N–H and O–H groups in total. The lowest BCUT2D eigenvalue weighted by atomic mass is 10.1. The summed E-state index contributed by atoms with van der Waals surface area (Å²) in [4.78, 5) is 16.4. The average molecular weight is 431 g/mol. The van der Waals surface area contributed by atoms with Gasteiger partial charge in [-0.3, -0.25) is 4.79 Å². The van der Waals surface area contributed by atoms with E-state index in [1.807, 2.05) is 37.3 Å². The van der Waals surface area contributed by atoms with Crippen molar-refractivity contribution in [2.75, 3.05) is 33.3 Å². The van der Waals surface area contributed by atoms with Crippen LogP contribution < -0.4 is 4.74 Å². The van der Waals surface area contributed by atoms with Crippen molar-refractivity contribution in [3.63, 3.8) is 0 Å². The van der Waals surface area contributed by atoms with Gasteiger partial charge in [0.1, 0.15) is 5.75 Å². The van der Waals surface area contributed by atoms with E-state index in [4.69, 9.17) is 4.74 Å². The third-order valence-electron chi connectivity index (χ3n) is 5.16. The SMILES string of the molecule is COc1ccc(S(=O)(=O)N2CCN(C(=O)c3ccc(C)s3)CC2)c2ccccc12. The van der Waals surface area contributed by atoms with Gasteiger partial charge in [-0.25, -0.2) is 8.42 Å². The highest BCUT2D eigenvalue weighted by Crippen LogP contribution is 2.32. The number of nitrogens with zero attached hydrogens (tertiary/aromatic N) is 2. The van der Waals surface area contributed by atoms with Crippen molar-refractivity contribution in [3.8, 4) is 5.75 Å². The molecule has 0 aliphatic carbocycles. The number of thiophene rings is 1. The van der Waals surface area contributed by atoms with Gasteiger partial charge in [-0.1, -0.05) is 24.3 Å². The largest absolute Gasteiger partial charge is 0.496 e. The highest BCUT2D eigenvalue weighted by molar-refractivity contribution is 7.89. The highest BCUT2D eigenvalue weighted by Gasteiger charge is 2.32. The van der Waals surface area contributed by atoms with Crippen molar-refractivity contribution in [3.05, 3.63) is 58.3 Å². The maximum Gasteiger partial charge on any atom is 0.264 e. The van der Waals surface area contributed by atoms with Crippen molar-refractivity contribution in [2.24, 2.45) is 0 Å². The number of hydrogen-bond donors (Lipinski definition) is 0. The molecule has 1 saturated heterocycles. The van der Waals surface area contributed by atoms with E-state index in [0.717, 1.165) is 10.3 Å². The molecule has 0 atom stereocenters. The molecule has 1 aliphatic heterocycles. The summed E-state index contributed by atoms with van der Waals surface area (Å²) in [6, 6.07) is 14.4. The van der Waals surface area contributed by atoms with Gasteiger partial charge in [-0.2, -0.15) is 4.31 Å². The Morgan fingerprint density at radius 2 is 1.66 bits per heavy atom. The Hall–Kier alpha value is -2.42. The van der Waals surface area contributed by atoms with Gasteiger partial charge in [-0.15, -0.1) is 11.3 Å². The zero-order chi connectivity index (χ0) is 20.6. The second-order valence-corrected chi connectivity index (χ2v) is 10.1. The summed E-state index contributed by atoms with van der Waals surface area (Å²) in [5.41, 5.74) is 0. The number of sulfonamides is 1. The summed E-state index contributed by atoms with van der Waals surface area (Å²) in [6.07, 6.45) is 0. The minimum Gasteiger partial charge on any atom is -0.496 e. The lowest BCUT2D eigenvalue weighted by Crippen LogP contribution is -2.50. The van der Waals surface area contributed by atoms with Crippen LogP contribution in [0.25, 0.3) is 10.8 Å². The summed E-state index contributed by atoms with van der Waals surface area (Å²) in [7, 11) is -2.11. The van der Waals surface area contributed by atoms with E-state index in [0.29, 0.717) is 29.1 Å². The first kappa shape index (κ1) is 19.9. The first-order valence-electron chi connectivity index (χ1n) is 9.33. The number of aryl methyl sites for hydroxylation is 1. The van der Waals surface area contributed by atoms with E-state index in [2.05, 4.69) is 0 Å². The zero-order valence-corrected chi connectivity index (χ0v) is 17.9. The van der Waals surface area contributed by atoms with Crippen LogP contribution in [-0.2, 0) is 10.0 Å². The number of piperazine rings is 1. The van der Waals surface area contributed by atoms with Gasteiger partial charge in [0, 0.05) is 41.8 Å². The predicted molar refractivity (Wildman–Crippen MR) is 114 cm³/mol. The van der Waals surface area contributed by atoms with E-state index in [9.17, 15) is 13.2 Å². The highest BCUT2D eigenvalue weighted by atomic mass is 32.2. The molecule has 0 spiro atoms. The molecule has 6 nitrogen and oxygen atoms in total. The summed E-state index contributed by atoms with van der Waals surface area (Å²) in [5.74, 6) is 0.608. The van der Waals surface area contributed by atoms with E-state index < -0.39 is 10.0 Å². The Bertz CT molecular complexity index is 1160. The number of carbonyl (C=O) groups excluding carboxylic acids is 1. The van der Waals surface area contributed by atoms with Gasteiger partial charge in [0.2, 0.25) is 10.0 Å². The molecule has 152 valence electrons. The fraction of sp³-hybridized carbons (Fsp3) is 0.286. The Balaban J connectivity index is 1.57. The molecule has 4 rings (SSSR count). The quantitative estimate of drug-likeness (QED) is 0.637. The maximum atomic E-state index is 13.3. The van der Waals surface area contributed by atoms with Gasteiger partial charge in [-0.05, 0) is 31.2 Å². The second-order valence-electron chi connectivity index (χ2n) is 6.92. The Kier molecular flexibility index (Phi) is 5.33. The van der Waals surface area contributed by atoms with Crippen LogP contribution in [0, 0.1) is 6.92 Å². The molecule has 1 aliphatic rings. The molecule has 3 aromatic rings. The van der Waals surface area contributed by atoms with Gasteiger partial charge in [0.25, 0.3) is 5.91 Å². The van der Waals surface area contributed by atoms with Crippen molar-refractivity contribution in [1.82, 2.24) is 9.21 Å². The monoisotopic (exact) mass is 430 g/mol. The number of fused-ring (bicyclic) bond motifs is 1. The topological polar surface area (TPSA) is 66.9 Å². The van der Waals surface area contributed by atoms with E-state index >= 15 is 0 Å². The zero-order valence-electron chi connectivity index (χ0n) is 16.3. The minimum absolute atomic E-state index is 0.0324. The molecule has 0 bridgehead atoms. The lowest BCUT2D eigenvalue weighted by molar-refractivity contribution is 0.0703. The molecule has 2 aromatic carbocycles. The van der Waals surface area contributed by atoms with Crippen molar-refractivity contribution >= 4 is 38.0 Å². The lowest BCUT2D eigenvalue weighted by Gasteiger charge is -2.34. The van der Waals surface area contributed by atoms with Gasteiger partial charge in [0.15, 0.2) is 0 Å². The van der Waals surface area contributed by atoms with Crippen LogP contribution in [0.1, 0.15) is 14.5 Å². The predicted octanol–water partition coefficient (Wildman–Crippen LogP) is 3.37. The van der Waals surface area contributed by atoms with E-state index in [1.165, 1.54) is 15.6 Å². The van der Waals surface area contributed by atoms with Crippen LogP contribution in [0.2, 0.25) is 0 Å². The first-order valence-corrected chi connectivity index (χ1v) is 11.6. The normalized spacial score (nSPS) is 15.6.